The predicted octanol–water partition coefficient (Wildman–Crippen LogP) is 4.12. The highest BCUT2D eigenvalue weighted by molar-refractivity contribution is 6.06. The highest BCUT2D eigenvalue weighted by atomic mass is 16.4. The molecule has 5 rings (SSSR count). The molecule has 0 bridgehead atoms. The monoisotopic (exact) mass is 402 g/mol. The Morgan fingerprint density at radius 3 is 2.67 bits per heavy atom. The Bertz CT molecular complexity index is 1210. The van der Waals surface area contributed by atoms with Gasteiger partial charge in [-0.3, -0.25) is 9.59 Å². The van der Waals surface area contributed by atoms with Crippen molar-refractivity contribution in [3.8, 4) is 0 Å². The van der Waals surface area contributed by atoms with Crippen molar-refractivity contribution < 1.29 is 14.0 Å². The zero-order valence-electron chi connectivity index (χ0n) is 16.5. The third-order valence-electron chi connectivity index (χ3n) is 6.09. The van der Waals surface area contributed by atoms with Crippen LogP contribution in [0.3, 0.4) is 0 Å². The van der Waals surface area contributed by atoms with Gasteiger partial charge in [0.2, 0.25) is 5.91 Å². The van der Waals surface area contributed by atoms with Crippen LogP contribution in [0.15, 0.2) is 57.7 Å². The van der Waals surface area contributed by atoms with Crippen LogP contribution in [0, 0.1) is 5.92 Å². The molecule has 1 N–H and O–H groups in total. The summed E-state index contributed by atoms with van der Waals surface area (Å²) in [6.45, 7) is 0.677. The van der Waals surface area contributed by atoms with Crippen molar-refractivity contribution in [3.63, 3.8) is 0 Å². The maximum Gasteiger partial charge on any atom is 0.349 e. The first-order valence-electron chi connectivity index (χ1n) is 10.4. The summed E-state index contributed by atoms with van der Waals surface area (Å²) in [6.07, 6.45) is 4.98. The van der Waals surface area contributed by atoms with Gasteiger partial charge in [0.25, 0.3) is 5.91 Å². The molecule has 2 heterocycles. The number of fused-ring (bicyclic) bond motifs is 2. The molecular formula is C24H22N2O4. The molecule has 6 nitrogen and oxygen atoms in total. The summed E-state index contributed by atoms with van der Waals surface area (Å²) in [6, 6.07) is 14.2. The number of para-hydroxylation sites is 1. The largest absolute Gasteiger partial charge is 0.422 e. The molecule has 1 aliphatic carbocycles. The van der Waals surface area contributed by atoms with E-state index in [-0.39, 0.29) is 17.4 Å². The number of anilines is 2. The van der Waals surface area contributed by atoms with Crippen LogP contribution in [0.25, 0.3) is 11.0 Å². The van der Waals surface area contributed by atoms with E-state index in [9.17, 15) is 14.4 Å². The van der Waals surface area contributed by atoms with Crippen LogP contribution in [0.2, 0.25) is 0 Å². The maximum absolute atomic E-state index is 12.8. The van der Waals surface area contributed by atoms with Gasteiger partial charge in [0.15, 0.2) is 0 Å². The number of hydrogen-bond acceptors (Lipinski definition) is 4. The molecular weight excluding hydrogens is 380 g/mol. The number of carbonyl (C=O) groups excluding carboxylic acids is 2. The number of carbonyl (C=O) groups is 2. The van der Waals surface area contributed by atoms with E-state index in [1.165, 1.54) is 0 Å². The predicted molar refractivity (Wildman–Crippen MR) is 115 cm³/mol. The number of nitrogens with one attached hydrogen (secondary N) is 1. The van der Waals surface area contributed by atoms with Crippen LogP contribution < -0.4 is 15.8 Å². The van der Waals surface area contributed by atoms with Gasteiger partial charge in [0, 0.05) is 29.2 Å². The van der Waals surface area contributed by atoms with Gasteiger partial charge in [0.05, 0.1) is 0 Å². The fraction of sp³-hybridized carbons (Fsp3) is 0.292. The van der Waals surface area contributed by atoms with Crippen molar-refractivity contribution in [3.05, 3.63) is 70.1 Å². The van der Waals surface area contributed by atoms with Gasteiger partial charge in [-0.2, -0.15) is 0 Å². The summed E-state index contributed by atoms with van der Waals surface area (Å²) >= 11 is 0. The van der Waals surface area contributed by atoms with E-state index in [4.69, 9.17) is 4.42 Å². The molecule has 0 atom stereocenters. The highest BCUT2D eigenvalue weighted by Crippen LogP contribution is 2.35. The molecule has 1 aliphatic heterocycles. The average molecular weight is 402 g/mol. The minimum atomic E-state index is -0.666. The Kier molecular flexibility index (Phi) is 4.62. The van der Waals surface area contributed by atoms with Crippen LogP contribution in [0.5, 0.6) is 0 Å². The lowest BCUT2D eigenvalue weighted by Crippen LogP contribution is -2.33. The molecule has 6 heteroatoms. The smallest absolute Gasteiger partial charge is 0.349 e. The Balaban J connectivity index is 1.36. The lowest BCUT2D eigenvalue weighted by molar-refractivity contribution is -0.122. The lowest BCUT2D eigenvalue weighted by atomic mass is 10.1. The van der Waals surface area contributed by atoms with E-state index in [0.717, 1.165) is 43.4 Å². The molecule has 1 saturated carbocycles. The second-order valence-electron chi connectivity index (χ2n) is 8.00. The van der Waals surface area contributed by atoms with Crippen LogP contribution in [0.1, 0.15) is 41.6 Å². The number of nitrogens with zero attached hydrogens (tertiary/aromatic N) is 1. The Morgan fingerprint density at radius 2 is 1.83 bits per heavy atom. The number of benzene rings is 2. The van der Waals surface area contributed by atoms with Gasteiger partial charge in [-0.25, -0.2) is 4.79 Å². The van der Waals surface area contributed by atoms with Crippen molar-refractivity contribution >= 4 is 34.2 Å². The Hall–Kier alpha value is -3.41. The third-order valence-corrected chi connectivity index (χ3v) is 6.09. The van der Waals surface area contributed by atoms with Gasteiger partial charge >= 0.3 is 5.63 Å². The molecule has 0 unspecified atom stereocenters. The second-order valence-corrected chi connectivity index (χ2v) is 8.00. The van der Waals surface area contributed by atoms with Gasteiger partial charge in [-0.05, 0) is 55.2 Å². The fourth-order valence-corrected chi connectivity index (χ4v) is 4.52. The molecule has 2 aromatic carbocycles. The molecule has 0 saturated heterocycles. The highest BCUT2D eigenvalue weighted by Gasteiger charge is 2.31. The van der Waals surface area contributed by atoms with Gasteiger partial charge < -0.3 is 14.6 Å². The minimum absolute atomic E-state index is 0.0350. The quantitative estimate of drug-likeness (QED) is 0.668. The number of rotatable bonds is 3. The van der Waals surface area contributed by atoms with Crippen LogP contribution in [-0.2, 0) is 11.2 Å². The van der Waals surface area contributed by atoms with E-state index in [2.05, 4.69) is 5.32 Å². The maximum atomic E-state index is 12.8. The lowest BCUT2D eigenvalue weighted by Gasteiger charge is -2.21. The molecule has 3 aromatic rings. The summed E-state index contributed by atoms with van der Waals surface area (Å²) in [4.78, 5) is 39.6. The minimum Gasteiger partial charge on any atom is -0.422 e. The molecule has 152 valence electrons. The van der Waals surface area contributed by atoms with Gasteiger partial charge in [-0.15, -0.1) is 0 Å². The van der Waals surface area contributed by atoms with Crippen molar-refractivity contribution in [2.45, 2.75) is 32.1 Å². The Labute approximate surface area is 173 Å². The van der Waals surface area contributed by atoms with E-state index < -0.39 is 11.5 Å². The summed E-state index contributed by atoms with van der Waals surface area (Å²) < 4.78 is 5.25. The molecule has 0 radical (unpaired) electrons. The van der Waals surface area contributed by atoms with Crippen LogP contribution in [0.4, 0.5) is 11.4 Å². The first-order chi connectivity index (χ1) is 14.6. The molecule has 0 spiro atoms. The summed E-state index contributed by atoms with van der Waals surface area (Å²) in [5, 5.41) is 3.48. The van der Waals surface area contributed by atoms with E-state index in [1.807, 2.05) is 23.1 Å². The first kappa shape index (κ1) is 18.6. The Morgan fingerprint density at radius 1 is 1.03 bits per heavy atom. The SMILES string of the molecule is O=C(Nc1ccc2c(c1)CCN2C(=O)C1CCCC1)c1cc2ccccc2oc1=O. The third kappa shape index (κ3) is 3.28. The number of hydrogen-bond donors (Lipinski definition) is 1. The zero-order valence-corrected chi connectivity index (χ0v) is 16.5. The topological polar surface area (TPSA) is 79.6 Å². The molecule has 1 fully saturated rings. The number of amides is 2. The first-order valence-corrected chi connectivity index (χ1v) is 10.4. The summed E-state index contributed by atoms with van der Waals surface area (Å²) in [7, 11) is 0. The molecule has 2 amide bonds. The van der Waals surface area contributed by atoms with E-state index >= 15 is 0 Å². The van der Waals surface area contributed by atoms with Crippen LogP contribution >= 0.6 is 0 Å². The zero-order chi connectivity index (χ0) is 20.7. The van der Waals surface area contributed by atoms with Crippen LogP contribution in [-0.4, -0.2) is 18.4 Å². The van der Waals surface area contributed by atoms with Crippen molar-refractivity contribution in [2.75, 3.05) is 16.8 Å². The fourth-order valence-electron chi connectivity index (χ4n) is 4.52. The van der Waals surface area contributed by atoms with Gasteiger partial charge in [0.1, 0.15) is 11.1 Å². The molecule has 30 heavy (non-hydrogen) atoms. The van der Waals surface area contributed by atoms with Crippen molar-refractivity contribution in [1.82, 2.24) is 0 Å². The summed E-state index contributed by atoms with van der Waals surface area (Å²) in [5.41, 5.74) is 2.30. The molecule has 2 aliphatic rings. The second kappa shape index (κ2) is 7.44. The summed E-state index contributed by atoms with van der Waals surface area (Å²) in [5.74, 6) is -0.148. The standard InChI is InChI=1S/C24H22N2O4/c27-22(19-14-17-7-3-4-8-21(17)30-24(19)29)25-18-9-10-20-16(13-18)11-12-26(20)23(28)15-5-1-2-6-15/h3-4,7-10,13-15H,1-2,5-6,11-12H2,(H,25,27). The average Bonchev–Trinajstić information content (AvgIpc) is 3.42. The van der Waals surface area contributed by atoms with Crippen molar-refractivity contribution in [1.29, 1.82) is 0 Å². The van der Waals surface area contributed by atoms with Crippen molar-refractivity contribution in [2.24, 2.45) is 5.92 Å². The van der Waals surface area contributed by atoms with Gasteiger partial charge in [-0.1, -0.05) is 31.0 Å². The van der Waals surface area contributed by atoms with E-state index in [0.29, 0.717) is 23.2 Å². The normalized spacial score (nSPS) is 16.1. The van der Waals surface area contributed by atoms with E-state index in [1.54, 1.807) is 30.3 Å². The molecule has 1 aromatic heterocycles.